The van der Waals surface area contributed by atoms with Gasteiger partial charge in [0, 0.05) is 29.6 Å². The van der Waals surface area contributed by atoms with Crippen molar-refractivity contribution in [2.24, 2.45) is 0 Å². The molecule has 2 aliphatic rings. The Hall–Kier alpha value is -1.72. The van der Waals surface area contributed by atoms with Crippen molar-refractivity contribution in [3.8, 4) is 11.3 Å². The fourth-order valence-electron chi connectivity index (χ4n) is 4.90. The molecule has 0 aliphatic carbocycles. The third-order valence-corrected chi connectivity index (χ3v) is 7.34. The summed E-state index contributed by atoms with van der Waals surface area (Å²) in [5.41, 5.74) is 4.66. The predicted molar refractivity (Wildman–Crippen MR) is 120 cm³/mol. The van der Waals surface area contributed by atoms with Crippen LogP contribution in [0.15, 0.2) is 18.2 Å². The summed E-state index contributed by atoms with van der Waals surface area (Å²) in [5, 5.41) is 1.04. The molecular weight excluding hydrogens is 378 g/mol. The highest BCUT2D eigenvalue weighted by molar-refractivity contribution is 7.12. The molecule has 2 aliphatic heterocycles. The van der Waals surface area contributed by atoms with E-state index in [0.717, 1.165) is 47.1 Å². The molecule has 3 heterocycles. The molecule has 4 nitrogen and oxygen atoms in total. The second-order valence-corrected chi connectivity index (χ2v) is 10.0. The van der Waals surface area contributed by atoms with Gasteiger partial charge < -0.3 is 9.80 Å². The van der Waals surface area contributed by atoms with Crippen LogP contribution in [0.25, 0.3) is 11.3 Å². The lowest BCUT2D eigenvalue weighted by atomic mass is 9.99. The summed E-state index contributed by atoms with van der Waals surface area (Å²) >= 11 is 1.68. The normalized spacial score (nSPS) is 20.4. The minimum atomic E-state index is 0.281. The zero-order valence-electron chi connectivity index (χ0n) is 18.0. The molecule has 0 saturated carbocycles. The fourth-order valence-corrected chi connectivity index (χ4v) is 5.84. The number of thiazole rings is 1. The van der Waals surface area contributed by atoms with Gasteiger partial charge in [-0.1, -0.05) is 23.8 Å². The van der Waals surface area contributed by atoms with Gasteiger partial charge >= 0.3 is 0 Å². The van der Waals surface area contributed by atoms with Gasteiger partial charge in [0.1, 0.15) is 0 Å². The van der Waals surface area contributed by atoms with Gasteiger partial charge in [-0.25, -0.2) is 4.98 Å². The van der Waals surface area contributed by atoms with Gasteiger partial charge in [-0.15, -0.1) is 11.3 Å². The Morgan fingerprint density at radius 2 is 1.86 bits per heavy atom. The molecule has 5 heteroatoms. The Morgan fingerprint density at radius 3 is 2.62 bits per heavy atom. The smallest absolute Gasteiger partial charge is 0.228 e. The van der Waals surface area contributed by atoms with Crippen LogP contribution in [0.4, 0.5) is 0 Å². The Labute approximate surface area is 178 Å². The van der Waals surface area contributed by atoms with Crippen LogP contribution in [0.5, 0.6) is 0 Å². The van der Waals surface area contributed by atoms with E-state index in [1.165, 1.54) is 43.5 Å². The molecule has 1 aromatic heterocycles. The number of nitrogens with zero attached hydrogens (tertiary/aromatic N) is 3. The molecule has 2 saturated heterocycles. The van der Waals surface area contributed by atoms with Crippen molar-refractivity contribution in [1.82, 2.24) is 14.8 Å². The first-order valence-electron chi connectivity index (χ1n) is 11.1. The van der Waals surface area contributed by atoms with E-state index in [1.54, 1.807) is 11.3 Å². The average Bonchev–Trinajstić information content (AvgIpc) is 3.32. The summed E-state index contributed by atoms with van der Waals surface area (Å²) in [6.45, 7) is 10.7. The van der Waals surface area contributed by atoms with Crippen molar-refractivity contribution in [2.45, 2.75) is 65.3 Å². The van der Waals surface area contributed by atoms with Gasteiger partial charge in [-0.05, 0) is 71.5 Å². The Bertz CT molecular complexity index is 869. The lowest BCUT2D eigenvalue weighted by Crippen LogP contribution is -2.49. The lowest BCUT2D eigenvalue weighted by molar-refractivity contribution is -0.134. The number of carbonyl (C=O) groups is 1. The second-order valence-electron chi connectivity index (χ2n) is 8.74. The SMILES string of the molecule is Cc1ccc(-c2nc(C)sc2CC(=O)N2CCCC[C@H]2CN2CCCC2)c(C)c1. The molecule has 0 radical (unpaired) electrons. The molecule has 4 rings (SSSR count). The van der Waals surface area contributed by atoms with Crippen LogP contribution < -0.4 is 0 Å². The van der Waals surface area contributed by atoms with Crippen LogP contribution in [-0.2, 0) is 11.2 Å². The number of aromatic nitrogens is 1. The van der Waals surface area contributed by atoms with E-state index in [1.807, 2.05) is 6.92 Å². The molecule has 29 heavy (non-hydrogen) atoms. The molecule has 0 N–H and O–H groups in total. The molecule has 1 atom stereocenters. The average molecular weight is 412 g/mol. The molecular formula is C24H33N3OS. The Morgan fingerprint density at radius 1 is 1.10 bits per heavy atom. The summed E-state index contributed by atoms with van der Waals surface area (Å²) in [7, 11) is 0. The van der Waals surface area contributed by atoms with Crippen LogP contribution in [-0.4, -0.2) is 52.9 Å². The van der Waals surface area contributed by atoms with E-state index in [-0.39, 0.29) is 5.91 Å². The number of hydrogen-bond donors (Lipinski definition) is 0. The standard InChI is InChI=1S/C24H33N3OS/c1-17-9-10-21(18(2)14-17)24-22(29-19(3)25-24)15-23(28)27-13-5-4-8-20(27)16-26-11-6-7-12-26/h9-10,14,20H,4-8,11-13,15-16H2,1-3H3/t20-/m0/s1. The highest BCUT2D eigenvalue weighted by Crippen LogP contribution is 2.32. The van der Waals surface area contributed by atoms with E-state index >= 15 is 0 Å². The zero-order chi connectivity index (χ0) is 20.4. The first-order chi connectivity index (χ1) is 14.0. The van der Waals surface area contributed by atoms with Crippen LogP contribution in [0.1, 0.15) is 53.1 Å². The third-order valence-electron chi connectivity index (χ3n) is 6.37. The number of rotatable bonds is 5. The fraction of sp³-hybridized carbons (Fsp3) is 0.583. The molecule has 0 bridgehead atoms. The van der Waals surface area contributed by atoms with Crippen LogP contribution in [0, 0.1) is 20.8 Å². The van der Waals surface area contributed by atoms with E-state index in [0.29, 0.717) is 12.5 Å². The van der Waals surface area contributed by atoms with Crippen molar-refractivity contribution in [2.75, 3.05) is 26.2 Å². The molecule has 1 amide bonds. The first kappa shape index (κ1) is 20.5. The van der Waals surface area contributed by atoms with E-state index in [4.69, 9.17) is 4.98 Å². The topological polar surface area (TPSA) is 36.4 Å². The van der Waals surface area contributed by atoms with Crippen molar-refractivity contribution >= 4 is 17.2 Å². The maximum atomic E-state index is 13.4. The molecule has 2 fully saturated rings. The van der Waals surface area contributed by atoms with Gasteiger partial charge in [-0.2, -0.15) is 0 Å². The summed E-state index contributed by atoms with van der Waals surface area (Å²) in [6.07, 6.45) is 6.61. The van der Waals surface area contributed by atoms with E-state index in [2.05, 4.69) is 41.8 Å². The van der Waals surface area contributed by atoms with Crippen LogP contribution in [0.3, 0.4) is 0 Å². The number of aryl methyl sites for hydroxylation is 3. The van der Waals surface area contributed by atoms with E-state index in [9.17, 15) is 4.79 Å². The Balaban J connectivity index is 1.53. The predicted octanol–water partition coefficient (Wildman–Crippen LogP) is 4.75. The van der Waals surface area contributed by atoms with Gasteiger partial charge in [0.2, 0.25) is 5.91 Å². The van der Waals surface area contributed by atoms with Crippen molar-refractivity contribution < 1.29 is 4.79 Å². The maximum absolute atomic E-state index is 13.4. The maximum Gasteiger partial charge on any atom is 0.228 e. The highest BCUT2D eigenvalue weighted by atomic mass is 32.1. The van der Waals surface area contributed by atoms with Crippen LogP contribution >= 0.6 is 11.3 Å². The second kappa shape index (κ2) is 8.97. The first-order valence-corrected chi connectivity index (χ1v) is 11.9. The minimum absolute atomic E-state index is 0.281. The Kier molecular flexibility index (Phi) is 6.35. The number of piperidine rings is 1. The third kappa shape index (κ3) is 4.72. The molecule has 2 aromatic rings. The highest BCUT2D eigenvalue weighted by Gasteiger charge is 2.30. The van der Waals surface area contributed by atoms with Gasteiger partial charge in [0.05, 0.1) is 17.1 Å². The summed E-state index contributed by atoms with van der Waals surface area (Å²) in [5.74, 6) is 0.281. The molecule has 156 valence electrons. The minimum Gasteiger partial charge on any atom is -0.338 e. The largest absolute Gasteiger partial charge is 0.338 e. The van der Waals surface area contributed by atoms with Crippen molar-refractivity contribution in [3.05, 3.63) is 39.2 Å². The van der Waals surface area contributed by atoms with E-state index < -0.39 is 0 Å². The monoisotopic (exact) mass is 411 g/mol. The zero-order valence-corrected chi connectivity index (χ0v) is 18.9. The van der Waals surface area contributed by atoms with Gasteiger partial charge in [-0.3, -0.25) is 4.79 Å². The number of hydrogen-bond acceptors (Lipinski definition) is 4. The number of carbonyl (C=O) groups excluding carboxylic acids is 1. The van der Waals surface area contributed by atoms with Gasteiger partial charge in [0.15, 0.2) is 0 Å². The van der Waals surface area contributed by atoms with Crippen molar-refractivity contribution in [3.63, 3.8) is 0 Å². The summed E-state index contributed by atoms with van der Waals surface area (Å²) in [4.78, 5) is 24.0. The van der Waals surface area contributed by atoms with Gasteiger partial charge in [0.25, 0.3) is 0 Å². The number of benzene rings is 1. The summed E-state index contributed by atoms with van der Waals surface area (Å²) < 4.78 is 0. The number of likely N-dealkylation sites (tertiary alicyclic amines) is 2. The quantitative estimate of drug-likeness (QED) is 0.712. The van der Waals surface area contributed by atoms with Crippen LogP contribution in [0.2, 0.25) is 0 Å². The molecule has 1 aromatic carbocycles. The van der Waals surface area contributed by atoms with Crippen molar-refractivity contribution in [1.29, 1.82) is 0 Å². The number of amides is 1. The summed E-state index contributed by atoms with van der Waals surface area (Å²) in [6, 6.07) is 6.88. The lowest BCUT2D eigenvalue weighted by Gasteiger charge is -2.38. The molecule has 0 spiro atoms. The molecule has 0 unspecified atom stereocenters.